The highest BCUT2D eigenvalue weighted by Crippen LogP contribution is 2.30. The van der Waals surface area contributed by atoms with E-state index in [2.05, 4.69) is 4.90 Å². The molecule has 4 rings (SSSR count). The minimum atomic E-state index is -0.430. The Morgan fingerprint density at radius 2 is 1.57 bits per heavy atom. The zero-order valence-corrected chi connectivity index (χ0v) is 16.0. The molecule has 5 nitrogen and oxygen atoms in total. The minimum Gasteiger partial charge on any atom is -0.367 e. The topological polar surface area (TPSA) is 43.9 Å². The molecule has 0 spiro atoms. The lowest BCUT2D eigenvalue weighted by Crippen LogP contribution is -2.52. The van der Waals surface area contributed by atoms with E-state index in [1.807, 2.05) is 42.2 Å². The molecule has 0 aliphatic carbocycles. The number of hydrogen-bond acceptors (Lipinski definition) is 4. The van der Waals surface area contributed by atoms with Crippen molar-refractivity contribution in [2.75, 3.05) is 36.0 Å². The monoisotopic (exact) mass is 381 g/mol. The number of halogens is 1. The molecule has 0 radical (unpaired) electrons. The number of carbonyl (C=O) groups excluding carboxylic acids is 2. The quantitative estimate of drug-likeness (QED) is 0.764. The summed E-state index contributed by atoms with van der Waals surface area (Å²) in [7, 11) is 0. The van der Waals surface area contributed by atoms with Crippen molar-refractivity contribution >= 4 is 23.2 Å². The van der Waals surface area contributed by atoms with Crippen molar-refractivity contribution in [3.05, 3.63) is 59.9 Å². The zero-order chi connectivity index (χ0) is 19.7. The molecule has 0 aromatic heterocycles. The fourth-order valence-electron chi connectivity index (χ4n) is 4.16. The Bertz CT molecular complexity index is 893. The third-order valence-corrected chi connectivity index (χ3v) is 5.68. The predicted molar refractivity (Wildman–Crippen MR) is 107 cm³/mol. The van der Waals surface area contributed by atoms with Gasteiger partial charge in [0.05, 0.1) is 23.8 Å². The molecule has 2 fully saturated rings. The average Bonchev–Trinajstić information content (AvgIpc) is 3.02. The molecule has 0 bridgehead atoms. The summed E-state index contributed by atoms with van der Waals surface area (Å²) < 4.78 is 14.0. The second kappa shape index (κ2) is 7.72. The molecule has 0 saturated carbocycles. The smallest absolute Gasteiger partial charge is 0.251 e. The molecule has 0 N–H and O–H groups in total. The molecule has 28 heavy (non-hydrogen) atoms. The summed E-state index contributed by atoms with van der Waals surface area (Å²) in [5, 5.41) is 0. The molecule has 2 saturated heterocycles. The third kappa shape index (κ3) is 3.29. The van der Waals surface area contributed by atoms with Gasteiger partial charge in [0.15, 0.2) is 0 Å². The first-order valence-electron chi connectivity index (χ1n) is 9.78. The van der Waals surface area contributed by atoms with Crippen LogP contribution in [-0.2, 0) is 16.0 Å². The Morgan fingerprint density at radius 3 is 2.25 bits per heavy atom. The number of piperazine rings is 1. The fourth-order valence-corrected chi connectivity index (χ4v) is 4.16. The van der Waals surface area contributed by atoms with Crippen LogP contribution in [0.4, 0.5) is 15.8 Å². The number of carbonyl (C=O) groups is 2. The number of nitrogens with zero attached hydrogens (tertiary/aromatic N) is 3. The van der Waals surface area contributed by atoms with Crippen LogP contribution in [0.1, 0.15) is 18.9 Å². The van der Waals surface area contributed by atoms with Crippen molar-refractivity contribution < 1.29 is 14.0 Å². The van der Waals surface area contributed by atoms with Gasteiger partial charge >= 0.3 is 0 Å². The molecular weight excluding hydrogens is 357 g/mol. The summed E-state index contributed by atoms with van der Waals surface area (Å²) in [4.78, 5) is 31.1. The summed E-state index contributed by atoms with van der Waals surface area (Å²) >= 11 is 0. The van der Waals surface area contributed by atoms with E-state index in [9.17, 15) is 14.0 Å². The van der Waals surface area contributed by atoms with Crippen LogP contribution in [0.2, 0.25) is 0 Å². The standard InChI is InChI=1S/C22H24FN3O2/c1-2-16-7-3-5-9-18(16)26-21(27)15-20(22(26)28)25-13-11-24(12-14-25)19-10-6-4-8-17(19)23/h3-10,20H,2,11-15H2,1H3/t20-/m0/s1. The van der Waals surface area contributed by atoms with Crippen LogP contribution >= 0.6 is 0 Å². The number of imide groups is 1. The molecule has 2 aromatic carbocycles. The number of anilines is 2. The van der Waals surface area contributed by atoms with Crippen molar-refractivity contribution in [1.29, 1.82) is 0 Å². The van der Waals surface area contributed by atoms with Gasteiger partial charge in [-0.2, -0.15) is 0 Å². The van der Waals surface area contributed by atoms with E-state index in [1.54, 1.807) is 12.1 Å². The van der Waals surface area contributed by atoms with E-state index in [4.69, 9.17) is 0 Å². The summed E-state index contributed by atoms with van der Waals surface area (Å²) in [6.07, 6.45) is 0.968. The summed E-state index contributed by atoms with van der Waals surface area (Å²) in [5.74, 6) is -0.525. The van der Waals surface area contributed by atoms with Crippen molar-refractivity contribution in [3.8, 4) is 0 Å². The van der Waals surface area contributed by atoms with Crippen molar-refractivity contribution in [2.45, 2.75) is 25.8 Å². The van der Waals surface area contributed by atoms with Crippen LogP contribution in [0.15, 0.2) is 48.5 Å². The first kappa shape index (κ1) is 18.6. The van der Waals surface area contributed by atoms with Gasteiger partial charge in [-0.05, 0) is 30.2 Å². The normalized spacial score (nSPS) is 20.9. The minimum absolute atomic E-state index is 0.146. The van der Waals surface area contributed by atoms with Crippen LogP contribution < -0.4 is 9.80 Å². The number of hydrogen-bond donors (Lipinski definition) is 0. The third-order valence-electron chi connectivity index (χ3n) is 5.68. The van der Waals surface area contributed by atoms with Crippen molar-refractivity contribution in [2.24, 2.45) is 0 Å². The maximum Gasteiger partial charge on any atom is 0.251 e. The van der Waals surface area contributed by atoms with Crippen molar-refractivity contribution in [3.63, 3.8) is 0 Å². The molecule has 6 heteroatoms. The number of benzene rings is 2. The fraction of sp³-hybridized carbons (Fsp3) is 0.364. The zero-order valence-electron chi connectivity index (χ0n) is 16.0. The lowest BCUT2D eigenvalue weighted by Gasteiger charge is -2.38. The van der Waals surface area contributed by atoms with Gasteiger partial charge < -0.3 is 4.90 Å². The first-order valence-corrected chi connectivity index (χ1v) is 9.78. The van der Waals surface area contributed by atoms with E-state index in [-0.39, 0.29) is 24.1 Å². The van der Waals surface area contributed by atoms with Crippen molar-refractivity contribution in [1.82, 2.24) is 4.90 Å². The molecule has 2 aliphatic rings. The molecular formula is C22H24FN3O2. The van der Waals surface area contributed by atoms with E-state index >= 15 is 0 Å². The lowest BCUT2D eigenvalue weighted by molar-refractivity contribution is -0.123. The Morgan fingerprint density at radius 1 is 0.929 bits per heavy atom. The van der Waals surface area contributed by atoms with Crippen LogP contribution in [0.3, 0.4) is 0 Å². The van der Waals surface area contributed by atoms with Crippen LogP contribution in [-0.4, -0.2) is 48.9 Å². The van der Waals surface area contributed by atoms with E-state index in [1.165, 1.54) is 11.0 Å². The molecule has 0 unspecified atom stereocenters. The van der Waals surface area contributed by atoms with Gasteiger partial charge in [-0.15, -0.1) is 0 Å². The Hall–Kier alpha value is -2.73. The molecule has 2 aromatic rings. The highest BCUT2D eigenvalue weighted by Gasteiger charge is 2.43. The molecule has 1 atom stereocenters. The predicted octanol–water partition coefficient (Wildman–Crippen LogP) is 2.84. The Labute approximate surface area is 164 Å². The number of para-hydroxylation sites is 2. The molecule has 2 heterocycles. The molecule has 2 aliphatic heterocycles. The van der Waals surface area contributed by atoms with Gasteiger partial charge in [0.25, 0.3) is 5.91 Å². The SMILES string of the molecule is CCc1ccccc1N1C(=O)C[C@H](N2CCN(c3ccccc3F)CC2)C1=O. The number of aryl methyl sites for hydroxylation is 1. The Balaban J connectivity index is 1.47. The average molecular weight is 381 g/mol. The Kier molecular flexibility index (Phi) is 5.13. The van der Waals surface area contributed by atoms with Crippen LogP contribution in [0.5, 0.6) is 0 Å². The van der Waals surface area contributed by atoms with Gasteiger partial charge in [0.1, 0.15) is 5.82 Å². The highest BCUT2D eigenvalue weighted by molar-refractivity contribution is 6.22. The first-order chi connectivity index (χ1) is 13.6. The largest absolute Gasteiger partial charge is 0.367 e. The van der Waals surface area contributed by atoms with Gasteiger partial charge in [-0.1, -0.05) is 37.3 Å². The van der Waals surface area contributed by atoms with E-state index in [0.29, 0.717) is 37.6 Å². The van der Waals surface area contributed by atoms with Gasteiger partial charge in [-0.3, -0.25) is 14.5 Å². The summed E-state index contributed by atoms with van der Waals surface area (Å²) in [6.45, 7) is 4.53. The van der Waals surface area contributed by atoms with Gasteiger partial charge in [-0.25, -0.2) is 9.29 Å². The highest BCUT2D eigenvalue weighted by atomic mass is 19.1. The van der Waals surface area contributed by atoms with Gasteiger partial charge in [0, 0.05) is 26.2 Å². The summed E-state index contributed by atoms with van der Waals surface area (Å²) in [5.41, 5.74) is 2.29. The van der Waals surface area contributed by atoms with E-state index < -0.39 is 6.04 Å². The maximum absolute atomic E-state index is 14.0. The second-order valence-corrected chi connectivity index (χ2v) is 7.24. The number of amides is 2. The van der Waals surface area contributed by atoms with Crippen LogP contribution in [0, 0.1) is 5.82 Å². The second-order valence-electron chi connectivity index (χ2n) is 7.24. The molecule has 146 valence electrons. The van der Waals surface area contributed by atoms with Crippen LogP contribution in [0.25, 0.3) is 0 Å². The summed E-state index contributed by atoms with van der Waals surface area (Å²) in [6, 6.07) is 13.9. The molecule has 2 amide bonds. The number of rotatable bonds is 4. The van der Waals surface area contributed by atoms with Gasteiger partial charge in [0.2, 0.25) is 5.91 Å². The van der Waals surface area contributed by atoms with E-state index in [0.717, 1.165) is 12.0 Å². The lowest BCUT2D eigenvalue weighted by atomic mass is 10.1. The maximum atomic E-state index is 14.0.